The molecule has 0 unspecified atom stereocenters. The normalized spacial score (nSPS) is 18.2. The molecule has 1 aromatic heterocycles. The Morgan fingerprint density at radius 3 is 2.90 bits per heavy atom. The lowest BCUT2D eigenvalue weighted by atomic mass is 9.88. The minimum absolute atomic E-state index is 0.0121. The third-order valence-corrected chi connectivity index (χ3v) is 4.68. The van der Waals surface area contributed by atoms with E-state index in [1.54, 1.807) is 11.3 Å². The van der Waals surface area contributed by atoms with Crippen molar-refractivity contribution in [2.45, 2.75) is 26.3 Å². The largest absolute Gasteiger partial charge is 0.333 e. The molecule has 2 rings (SSSR count). The summed E-state index contributed by atoms with van der Waals surface area (Å²) >= 11 is 1.76. The van der Waals surface area contributed by atoms with Gasteiger partial charge in [-0.3, -0.25) is 4.79 Å². The Kier molecular flexibility index (Phi) is 4.97. The molecule has 0 spiro atoms. The molecule has 0 saturated heterocycles. The van der Waals surface area contributed by atoms with Crippen molar-refractivity contribution in [2.75, 3.05) is 6.54 Å². The molecule has 3 heteroatoms. The summed E-state index contributed by atoms with van der Waals surface area (Å²) in [5.74, 6) is 0.158. The number of fused-ring (bicyclic) bond motifs is 1. The lowest BCUT2D eigenvalue weighted by molar-refractivity contribution is -0.127. The molecule has 110 valence electrons. The summed E-state index contributed by atoms with van der Waals surface area (Å²) in [4.78, 5) is 16.4. The summed E-state index contributed by atoms with van der Waals surface area (Å²) < 4.78 is 0. The third-order valence-electron chi connectivity index (χ3n) is 3.63. The molecule has 1 amide bonds. The lowest BCUT2D eigenvalue weighted by Crippen LogP contribution is -2.36. The van der Waals surface area contributed by atoms with Crippen molar-refractivity contribution in [1.82, 2.24) is 4.90 Å². The fourth-order valence-corrected chi connectivity index (χ4v) is 3.69. The van der Waals surface area contributed by atoms with Crippen molar-refractivity contribution < 1.29 is 4.79 Å². The Labute approximate surface area is 130 Å². The van der Waals surface area contributed by atoms with Gasteiger partial charge in [-0.2, -0.15) is 0 Å². The van der Waals surface area contributed by atoms with Crippen molar-refractivity contribution in [1.29, 1.82) is 0 Å². The van der Waals surface area contributed by atoms with Gasteiger partial charge < -0.3 is 4.90 Å². The van der Waals surface area contributed by atoms with E-state index in [1.165, 1.54) is 21.4 Å². The first-order chi connectivity index (χ1) is 10.1. The number of allylic oxidation sites excluding steroid dienone is 4. The van der Waals surface area contributed by atoms with E-state index in [2.05, 4.69) is 26.1 Å². The van der Waals surface area contributed by atoms with Crippen LogP contribution in [0.3, 0.4) is 0 Å². The highest BCUT2D eigenvalue weighted by molar-refractivity contribution is 7.12. The van der Waals surface area contributed by atoms with Crippen LogP contribution in [0.5, 0.6) is 0 Å². The smallest absolute Gasteiger partial charge is 0.246 e. The van der Waals surface area contributed by atoms with Crippen LogP contribution in [0.4, 0.5) is 0 Å². The van der Waals surface area contributed by atoms with Gasteiger partial charge in [0.1, 0.15) is 0 Å². The predicted molar refractivity (Wildman–Crippen MR) is 90.5 cm³/mol. The average molecular weight is 299 g/mol. The Bertz CT molecular complexity index is 621. The van der Waals surface area contributed by atoms with Gasteiger partial charge in [-0.25, -0.2) is 0 Å². The molecule has 2 heterocycles. The number of hydrogen-bond acceptors (Lipinski definition) is 2. The number of hydrogen-bond donors (Lipinski definition) is 0. The molecule has 0 bridgehead atoms. The van der Waals surface area contributed by atoms with E-state index < -0.39 is 0 Å². The number of amides is 1. The highest BCUT2D eigenvalue weighted by atomic mass is 32.1. The van der Waals surface area contributed by atoms with Gasteiger partial charge in [-0.05, 0) is 37.1 Å². The van der Waals surface area contributed by atoms with Crippen LogP contribution in [0.2, 0.25) is 0 Å². The van der Waals surface area contributed by atoms with E-state index >= 15 is 0 Å². The lowest BCUT2D eigenvalue weighted by Gasteiger charge is -2.32. The Morgan fingerprint density at radius 1 is 1.48 bits per heavy atom. The fraction of sp³-hybridized carbons (Fsp3) is 0.278. The van der Waals surface area contributed by atoms with E-state index in [1.807, 2.05) is 36.1 Å². The third kappa shape index (κ3) is 3.42. The van der Waals surface area contributed by atoms with Crippen molar-refractivity contribution >= 4 is 17.2 Å². The van der Waals surface area contributed by atoms with Crippen LogP contribution in [0.1, 0.15) is 28.2 Å². The maximum absolute atomic E-state index is 12.0. The molecule has 0 fully saturated rings. The standard InChI is InChI=1S/C18H21NOS/c1-5-7-8-9-13(3)16-11-19(18(20)6-2)12-17-15(16)10-14(4)21-17/h5-10,16H,2-3,11-12H2,1,4H3/b7-5-,9-8-/t16-/m1/s1. The highest BCUT2D eigenvalue weighted by Crippen LogP contribution is 2.38. The van der Waals surface area contributed by atoms with E-state index in [4.69, 9.17) is 0 Å². The van der Waals surface area contributed by atoms with E-state index in [0.717, 1.165) is 5.57 Å². The first-order valence-electron chi connectivity index (χ1n) is 7.05. The van der Waals surface area contributed by atoms with Gasteiger partial charge in [-0.15, -0.1) is 11.3 Å². The van der Waals surface area contributed by atoms with E-state index in [9.17, 15) is 4.79 Å². The molecule has 21 heavy (non-hydrogen) atoms. The molecule has 1 aliphatic heterocycles. The maximum Gasteiger partial charge on any atom is 0.246 e. The van der Waals surface area contributed by atoms with Crippen LogP contribution >= 0.6 is 11.3 Å². The summed E-state index contributed by atoms with van der Waals surface area (Å²) in [7, 11) is 0. The van der Waals surface area contributed by atoms with Crippen molar-refractivity contribution in [2.24, 2.45) is 0 Å². The predicted octanol–water partition coefficient (Wildman–Crippen LogP) is 4.36. The number of carbonyl (C=O) groups is 1. The fourth-order valence-electron chi connectivity index (χ4n) is 2.58. The summed E-state index contributed by atoms with van der Waals surface area (Å²) in [5.41, 5.74) is 2.36. The molecule has 0 aromatic carbocycles. The second kappa shape index (κ2) is 6.72. The second-order valence-electron chi connectivity index (χ2n) is 5.17. The zero-order chi connectivity index (χ0) is 15.4. The second-order valence-corrected chi connectivity index (χ2v) is 6.51. The molecule has 0 radical (unpaired) electrons. The molecular formula is C18H21NOS. The Morgan fingerprint density at radius 2 is 2.24 bits per heavy atom. The molecule has 1 aromatic rings. The minimum Gasteiger partial charge on any atom is -0.333 e. The number of rotatable bonds is 4. The molecule has 0 saturated carbocycles. The Balaban J connectivity index is 2.32. The maximum atomic E-state index is 12.0. The number of nitrogens with zero attached hydrogens (tertiary/aromatic N) is 1. The van der Waals surface area contributed by atoms with Gasteiger partial charge in [0.2, 0.25) is 5.91 Å². The number of thiophene rings is 1. The van der Waals surface area contributed by atoms with Crippen LogP contribution < -0.4 is 0 Å². The van der Waals surface area contributed by atoms with Gasteiger partial charge in [0.25, 0.3) is 0 Å². The van der Waals surface area contributed by atoms with Crippen LogP contribution in [-0.4, -0.2) is 17.4 Å². The van der Waals surface area contributed by atoms with Crippen LogP contribution in [0.15, 0.2) is 55.2 Å². The van der Waals surface area contributed by atoms with E-state index in [-0.39, 0.29) is 11.8 Å². The topological polar surface area (TPSA) is 20.3 Å². The van der Waals surface area contributed by atoms with Crippen LogP contribution in [0.25, 0.3) is 0 Å². The summed E-state index contributed by atoms with van der Waals surface area (Å²) in [6.45, 7) is 13.2. The molecule has 0 N–H and O–H groups in total. The molecule has 1 aliphatic rings. The molecule has 0 aliphatic carbocycles. The quantitative estimate of drug-likeness (QED) is 0.597. The summed E-state index contributed by atoms with van der Waals surface area (Å²) in [5, 5.41) is 0. The molecule has 1 atom stereocenters. The Hall–Kier alpha value is -1.87. The van der Waals surface area contributed by atoms with Crippen molar-refractivity contribution in [3.63, 3.8) is 0 Å². The average Bonchev–Trinajstić information content (AvgIpc) is 2.85. The summed E-state index contributed by atoms with van der Waals surface area (Å²) in [6, 6.07) is 2.23. The van der Waals surface area contributed by atoms with Gasteiger partial charge in [0, 0.05) is 22.2 Å². The number of carbonyl (C=O) groups excluding carboxylic acids is 1. The zero-order valence-corrected chi connectivity index (χ0v) is 13.5. The van der Waals surface area contributed by atoms with Gasteiger partial charge in [-0.1, -0.05) is 37.5 Å². The SMILES string of the molecule is C=CC(=O)N1Cc2sc(C)cc2[C@@H](C(=C)/C=C\C=C/C)C1. The van der Waals surface area contributed by atoms with Gasteiger partial charge in [0.05, 0.1) is 6.54 Å². The van der Waals surface area contributed by atoms with Gasteiger partial charge in [0.15, 0.2) is 0 Å². The van der Waals surface area contributed by atoms with Crippen molar-refractivity contribution in [3.05, 3.63) is 70.5 Å². The van der Waals surface area contributed by atoms with Crippen LogP contribution in [-0.2, 0) is 11.3 Å². The number of aryl methyl sites for hydroxylation is 1. The summed E-state index contributed by atoms with van der Waals surface area (Å²) in [6.07, 6.45) is 9.39. The first kappa shape index (κ1) is 15.5. The molecular weight excluding hydrogens is 278 g/mol. The van der Waals surface area contributed by atoms with Crippen LogP contribution in [0, 0.1) is 6.92 Å². The molecule has 2 nitrogen and oxygen atoms in total. The van der Waals surface area contributed by atoms with E-state index in [0.29, 0.717) is 13.1 Å². The van der Waals surface area contributed by atoms with Crippen molar-refractivity contribution in [3.8, 4) is 0 Å². The minimum atomic E-state index is -0.0121. The van der Waals surface area contributed by atoms with Gasteiger partial charge >= 0.3 is 0 Å². The zero-order valence-electron chi connectivity index (χ0n) is 12.6. The first-order valence-corrected chi connectivity index (χ1v) is 7.87. The monoisotopic (exact) mass is 299 g/mol. The highest BCUT2D eigenvalue weighted by Gasteiger charge is 2.29.